The molecule has 0 spiro atoms. The highest BCUT2D eigenvalue weighted by Crippen LogP contribution is 2.60. The summed E-state index contributed by atoms with van der Waals surface area (Å²) in [5, 5.41) is 19.5. The molecule has 4 fully saturated rings. The molecule has 10 rings (SSSR count). The number of aromatic nitrogens is 6. The highest BCUT2D eigenvalue weighted by atomic mass is 32.1. The van der Waals surface area contributed by atoms with Crippen molar-refractivity contribution in [2.24, 2.45) is 23.2 Å². The Bertz CT molecular complexity index is 2000. The van der Waals surface area contributed by atoms with Crippen molar-refractivity contribution >= 4 is 50.1 Å². The van der Waals surface area contributed by atoms with Gasteiger partial charge in [0.1, 0.15) is 11.2 Å². The van der Waals surface area contributed by atoms with E-state index >= 15 is 0 Å². The second kappa shape index (κ2) is 10.7. The van der Waals surface area contributed by atoms with Crippen LogP contribution < -0.4 is 15.0 Å². The second-order valence-corrected chi connectivity index (χ2v) is 16.1. The van der Waals surface area contributed by atoms with Crippen LogP contribution in [0, 0.1) is 30.1 Å². The number of nitrogens with one attached hydrogen (secondary N) is 1. The van der Waals surface area contributed by atoms with Crippen LogP contribution in [0.2, 0.25) is 0 Å². The SMILES string of the molecule is Cc1c(-c2cnc3c(c2C(=O)O)OC(C)(C)CN3c2cnc(Nc3nc4ccccc4s3)cn2)cnn1CC12CC3CC(CC(C3)C1)C2. The molecule has 4 saturated carbocycles. The standard InChI is InChI=1S/C36H38N8O3S/c1-20-24(15-40-44(20)19-36-11-21-8-22(12-36)10-23(9-21)13-36)25-14-39-32-31(30(25)33(45)46)47-35(2,3)18-43(32)29-17-37-28(16-38-29)42-34-41-26-6-4-5-7-27(26)48-34/h4-7,14-17,21-23H,8-13,18-19H2,1-3H3,(H,45,46)(H,37,41,42). The second-order valence-electron chi connectivity index (χ2n) is 15.0. The lowest BCUT2D eigenvalue weighted by atomic mass is 9.49. The van der Waals surface area contributed by atoms with Gasteiger partial charge in [-0.25, -0.2) is 24.7 Å². The smallest absolute Gasteiger partial charge is 0.340 e. The van der Waals surface area contributed by atoms with E-state index < -0.39 is 11.6 Å². The zero-order valence-electron chi connectivity index (χ0n) is 27.3. The van der Waals surface area contributed by atoms with Crippen molar-refractivity contribution in [2.75, 3.05) is 16.8 Å². The number of benzene rings is 1. The molecule has 5 heterocycles. The fraction of sp³-hybridized carbons (Fsp3) is 0.444. The fourth-order valence-corrected chi connectivity index (χ4v) is 10.2. The van der Waals surface area contributed by atoms with Gasteiger partial charge in [0, 0.05) is 29.6 Å². The van der Waals surface area contributed by atoms with Crippen LogP contribution in [0.15, 0.2) is 49.1 Å². The van der Waals surface area contributed by atoms with E-state index in [9.17, 15) is 9.90 Å². The molecular weight excluding hydrogens is 625 g/mol. The third-order valence-electron chi connectivity index (χ3n) is 10.9. The average molecular weight is 663 g/mol. The number of para-hydroxylation sites is 1. The Balaban J connectivity index is 1.03. The predicted octanol–water partition coefficient (Wildman–Crippen LogP) is 7.62. The lowest BCUT2D eigenvalue weighted by Gasteiger charge is -2.56. The Hall–Kier alpha value is -4.58. The molecule has 4 bridgehead atoms. The summed E-state index contributed by atoms with van der Waals surface area (Å²) in [4.78, 5) is 33.7. The normalized spacial score (nSPS) is 25.2. The first-order valence-corrected chi connectivity index (χ1v) is 17.6. The van der Waals surface area contributed by atoms with Gasteiger partial charge in [0.15, 0.2) is 28.3 Å². The monoisotopic (exact) mass is 662 g/mol. The summed E-state index contributed by atoms with van der Waals surface area (Å²) in [6, 6.07) is 7.96. The quantitative estimate of drug-likeness (QED) is 0.179. The molecule has 0 radical (unpaired) electrons. The molecule has 5 aromatic rings. The number of pyridine rings is 1. The molecule has 0 atom stereocenters. The minimum absolute atomic E-state index is 0.0808. The number of hydrogen-bond acceptors (Lipinski definition) is 10. The highest BCUT2D eigenvalue weighted by molar-refractivity contribution is 7.22. The number of carbonyl (C=O) groups is 1. The van der Waals surface area contributed by atoms with E-state index in [0.29, 0.717) is 35.0 Å². The van der Waals surface area contributed by atoms with Crippen LogP contribution in [0.4, 0.5) is 22.6 Å². The van der Waals surface area contributed by atoms with Crippen molar-refractivity contribution < 1.29 is 14.6 Å². The number of fused-ring (bicyclic) bond motifs is 2. The first-order valence-electron chi connectivity index (χ1n) is 16.8. The van der Waals surface area contributed by atoms with Crippen LogP contribution in [0.3, 0.4) is 0 Å². The van der Waals surface area contributed by atoms with Crippen LogP contribution in [-0.4, -0.2) is 52.9 Å². The number of thiazole rings is 1. The maximum Gasteiger partial charge on any atom is 0.340 e. The number of hydrogen-bond donors (Lipinski definition) is 2. The number of carboxylic acids is 1. The first kappa shape index (κ1) is 29.6. The van der Waals surface area contributed by atoms with Crippen LogP contribution in [0.5, 0.6) is 5.75 Å². The number of rotatable bonds is 7. The lowest BCUT2D eigenvalue weighted by molar-refractivity contribution is -0.0638. The number of ether oxygens (including phenoxy) is 1. The third-order valence-corrected chi connectivity index (χ3v) is 11.8. The Labute approximate surface area is 282 Å². The molecule has 1 aliphatic heterocycles. The van der Waals surface area contributed by atoms with Gasteiger partial charge in [0.25, 0.3) is 0 Å². The number of aromatic carboxylic acids is 1. The zero-order valence-corrected chi connectivity index (χ0v) is 28.1. The van der Waals surface area contributed by atoms with Crippen molar-refractivity contribution in [3.8, 4) is 16.9 Å². The molecule has 1 aromatic carbocycles. The van der Waals surface area contributed by atoms with E-state index in [1.165, 1.54) is 38.5 Å². The topological polar surface area (TPSA) is 131 Å². The Morgan fingerprint density at radius 2 is 1.75 bits per heavy atom. The van der Waals surface area contributed by atoms with Crippen LogP contribution >= 0.6 is 11.3 Å². The number of anilines is 4. The molecule has 12 heteroatoms. The third kappa shape index (κ3) is 4.99. The molecule has 246 valence electrons. The van der Waals surface area contributed by atoms with Gasteiger partial charge < -0.3 is 20.1 Å². The Morgan fingerprint density at radius 1 is 1.00 bits per heavy atom. The van der Waals surface area contributed by atoms with Crippen molar-refractivity contribution in [3.63, 3.8) is 0 Å². The molecular formula is C36H38N8O3S. The molecule has 0 amide bonds. The molecule has 2 N–H and O–H groups in total. The molecule has 4 aromatic heterocycles. The molecule has 5 aliphatic rings. The molecule has 0 saturated heterocycles. The summed E-state index contributed by atoms with van der Waals surface area (Å²) >= 11 is 1.55. The van der Waals surface area contributed by atoms with Crippen LogP contribution in [0.25, 0.3) is 21.3 Å². The van der Waals surface area contributed by atoms with Gasteiger partial charge in [-0.15, -0.1) is 0 Å². The summed E-state index contributed by atoms with van der Waals surface area (Å²) in [5.41, 5.74) is 2.83. The van der Waals surface area contributed by atoms with Crippen molar-refractivity contribution in [1.82, 2.24) is 29.7 Å². The van der Waals surface area contributed by atoms with Crippen molar-refractivity contribution in [2.45, 2.75) is 71.4 Å². The van der Waals surface area contributed by atoms with Gasteiger partial charge in [-0.1, -0.05) is 23.5 Å². The number of carboxylic acid groups (broad SMARTS) is 1. The van der Waals surface area contributed by atoms with Gasteiger partial charge in [0.2, 0.25) is 0 Å². The van der Waals surface area contributed by atoms with E-state index in [2.05, 4.69) is 20.0 Å². The van der Waals surface area contributed by atoms with E-state index in [1.807, 2.05) is 49.9 Å². The maximum atomic E-state index is 13.0. The summed E-state index contributed by atoms with van der Waals surface area (Å²) in [7, 11) is 0. The predicted molar refractivity (Wildman–Crippen MR) is 184 cm³/mol. The molecule has 4 aliphatic carbocycles. The highest BCUT2D eigenvalue weighted by Gasteiger charge is 2.51. The fourth-order valence-electron chi connectivity index (χ4n) is 9.37. The summed E-state index contributed by atoms with van der Waals surface area (Å²) in [6.07, 6.45) is 14.8. The summed E-state index contributed by atoms with van der Waals surface area (Å²) < 4.78 is 9.62. The van der Waals surface area contributed by atoms with Gasteiger partial charge in [-0.05, 0) is 94.6 Å². The first-order chi connectivity index (χ1) is 23.1. The van der Waals surface area contributed by atoms with Gasteiger partial charge >= 0.3 is 5.97 Å². The van der Waals surface area contributed by atoms with E-state index in [0.717, 1.165) is 50.9 Å². The van der Waals surface area contributed by atoms with Crippen LogP contribution in [0.1, 0.15) is 68.4 Å². The van der Waals surface area contributed by atoms with Gasteiger partial charge in [-0.3, -0.25) is 4.68 Å². The Kier molecular flexibility index (Phi) is 6.60. The largest absolute Gasteiger partial charge is 0.481 e. The van der Waals surface area contributed by atoms with E-state index in [1.54, 1.807) is 36.1 Å². The van der Waals surface area contributed by atoms with E-state index in [-0.39, 0.29) is 11.3 Å². The summed E-state index contributed by atoms with van der Waals surface area (Å²) in [5.74, 6) is 3.21. The van der Waals surface area contributed by atoms with Crippen LogP contribution in [-0.2, 0) is 6.54 Å². The van der Waals surface area contributed by atoms with Crippen molar-refractivity contribution in [3.05, 3.63) is 60.3 Å². The maximum absolute atomic E-state index is 13.0. The minimum atomic E-state index is -1.07. The Morgan fingerprint density at radius 3 is 2.44 bits per heavy atom. The van der Waals surface area contributed by atoms with Crippen molar-refractivity contribution in [1.29, 1.82) is 0 Å². The van der Waals surface area contributed by atoms with E-state index in [4.69, 9.17) is 19.8 Å². The van der Waals surface area contributed by atoms with Gasteiger partial charge in [0.05, 0.1) is 35.4 Å². The molecule has 11 nitrogen and oxygen atoms in total. The lowest BCUT2D eigenvalue weighted by Crippen LogP contribution is -2.48. The summed E-state index contributed by atoms with van der Waals surface area (Å²) in [6.45, 7) is 7.22. The minimum Gasteiger partial charge on any atom is -0.481 e. The average Bonchev–Trinajstić information content (AvgIpc) is 3.61. The molecule has 0 unspecified atom stereocenters. The zero-order chi connectivity index (χ0) is 32.8. The molecule has 48 heavy (non-hydrogen) atoms. The number of nitrogens with zero attached hydrogens (tertiary/aromatic N) is 7. The van der Waals surface area contributed by atoms with Gasteiger partial charge in [-0.2, -0.15) is 5.10 Å².